The minimum absolute atomic E-state index is 0.175. The fourth-order valence-corrected chi connectivity index (χ4v) is 2.77. The standard InChI is InChI=1S/C15H18N2O4S/c1-9(2)6-17(7-13(18)19)15(20)11-8-22-14(16-11)12-5-4-10(3)21-12/h4-5,8-9H,6-7H2,1-3H3,(H,18,19). The molecule has 0 aliphatic heterocycles. The minimum Gasteiger partial charge on any atom is -0.480 e. The first kappa shape index (κ1) is 16.2. The molecule has 0 aliphatic carbocycles. The number of thiazole rings is 1. The van der Waals surface area contributed by atoms with E-state index in [9.17, 15) is 9.59 Å². The number of hydrogen-bond donors (Lipinski definition) is 1. The number of nitrogens with zero attached hydrogens (tertiary/aromatic N) is 2. The van der Waals surface area contributed by atoms with Crippen molar-refractivity contribution in [2.24, 2.45) is 5.92 Å². The van der Waals surface area contributed by atoms with Crippen molar-refractivity contribution in [3.05, 3.63) is 29.0 Å². The van der Waals surface area contributed by atoms with Gasteiger partial charge >= 0.3 is 5.97 Å². The second kappa shape index (κ2) is 6.74. The maximum absolute atomic E-state index is 12.4. The van der Waals surface area contributed by atoms with Gasteiger partial charge in [-0.3, -0.25) is 9.59 Å². The average Bonchev–Trinajstić information content (AvgIpc) is 3.04. The van der Waals surface area contributed by atoms with Gasteiger partial charge < -0.3 is 14.4 Å². The van der Waals surface area contributed by atoms with Crippen molar-refractivity contribution < 1.29 is 19.1 Å². The predicted octanol–water partition coefficient (Wildman–Crippen LogP) is 2.89. The maximum atomic E-state index is 12.4. The van der Waals surface area contributed by atoms with E-state index in [1.807, 2.05) is 26.8 Å². The Morgan fingerprint density at radius 2 is 2.14 bits per heavy atom. The second-order valence-corrected chi connectivity index (χ2v) is 6.28. The molecule has 2 heterocycles. The van der Waals surface area contributed by atoms with Crippen LogP contribution in [0, 0.1) is 12.8 Å². The van der Waals surface area contributed by atoms with Crippen LogP contribution in [0.25, 0.3) is 10.8 Å². The highest BCUT2D eigenvalue weighted by atomic mass is 32.1. The number of carboxylic acids is 1. The highest BCUT2D eigenvalue weighted by Crippen LogP contribution is 2.26. The molecule has 0 atom stereocenters. The van der Waals surface area contributed by atoms with E-state index in [2.05, 4.69) is 4.98 Å². The van der Waals surface area contributed by atoms with Crippen LogP contribution in [0.4, 0.5) is 0 Å². The van der Waals surface area contributed by atoms with E-state index in [4.69, 9.17) is 9.52 Å². The van der Waals surface area contributed by atoms with Gasteiger partial charge in [-0.2, -0.15) is 0 Å². The molecule has 0 aliphatic rings. The van der Waals surface area contributed by atoms with Crippen LogP contribution in [0.3, 0.4) is 0 Å². The van der Waals surface area contributed by atoms with Crippen LogP contribution in [0.1, 0.15) is 30.1 Å². The Kier molecular flexibility index (Phi) is 4.97. The molecule has 2 aromatic rings. The number of aromatic nitrogens is 1. The van der Waals surface area contributed by atoms with E-state index in [-0.39, 0.29) is 24.1 Å². The number of carbonyl (C=O) groups is 2. The van der Waals surface area contributed by atoms with E-state index in [1.54, 1.807) is 11.4 Å². The summed E-state index contributed by atoms with van der Waals surface area (Å²) in [7, 11) is 0. The molecule has 0 radical (unpaired) electrons. The molecule has 0 aromatic carbocycles. The third-order valence-corrected chi connectivity index (χ3v) is 3.73. The SMILES string of the molecule is Cc1ccc(-c2nc(C(=O)N(CC(=O)O)CC(C)C)cs2)o1. The Bertz CT molecular complexity index is 675. The summed E-state index contributed by atoms with van der Waals surface area (Å²) in [6.45, 7) is 5.74. The lowest BCUT2D eigenvalue weighted by Crippen LogP contribution is -2.38. The van der Waals surface area contributed by atoms with Crippen LogP contribution in [-0.4, -0.2) is 40.0 Å². The number of rotatable bonds is 6. The van der Waals surface area contributed by atoms with Crippen molar-refractivity contribution in [3.8, 4) is 10.8 Å². The first-order valence-corrected chi connectivity index (χ1v) is 7.78. The summed E-state index contributed by atoms with van der Waals surface area (Å²) in [5, 5.41) is 11.2. The van der Waals surface area contributed by atoms with Crippen LogP contribution in [0.2, 0.25) is 0 Å². The average molecular weight is 322 g/mol. The Labute approximate surface area is 132 Å². The molecular weight excluding hydrogens is 304 g/mol. The molecule has 22 heavy (non-hydrogen) atoms. The molecule has 6 nitrogen and oxygen atoms in total. The fraction of sp³-hybridized carbons (Fsp3) is 0.400. The summed E-state index contributed by atoms with van der Waals surface area (Å²) >= 11 is 1.30. The van der Waals surface area contributed by atoms with Gasteiger partial charge in [-0.1, -0.05) is 13.8 Å². The van der Waals surface area contributed by atoms with Crippen molar-refractivity contribution in [1.82, 2.24) is 9.88 Å². The van der Waals surface area contributed by atoms with Crippen molar-refractivity contribution >= 4 is 23.2 Å². The molecule has 0 spiro atoms. The first-order valence-electron chi connectivity index (χ1n) is 6.90. The zero-order chi connectivity index (χ0) is 16.3. The highest BCUT2D eigenvalue weighted by molar-refractivity contribution is 7.13. The number of furan rings is 1. The van der Waals surface area contributed by atoms with Gasteiger partial charge in [0, 0.05) is 11.9 Å². The predicted molar refractivity (Wildman–Crippen MR) is 82.9 cm³/mol. The van der Waals surface area contributed by atoms with Gasteiger partial charge in [-0.15, -0.1) is 11.3 Å². The summed E-state index contributed by atoms with van der Waals surface area (Å²) in [5.74, 6) is 0.141. The van der Waals surface area contributed by atoms with Crippen molar-refractivity contribution in [3.63, 3.8) is 0 Å². The van der Waals surface area contributed by atoms with E-state index >= 15 is 0 Å². The number of carbonyl (C=O) groups excluding carboxylic acids is 1. The van der Waals surface area contributed by atoms with Gasteiger partial charge in [0.15, 0.2) is 10.8 Å². The van der Waals surface area contributed by atoms with Gasteiger partial charge in [0.05, 0.1) is 0 Å². The van der Waals surface area contributed by atoms with Gasteiger partial charge in [0.1, 0.15) is 18.0 Å². The third kappa shape index (κ3) is 3.94. The summed E-state index contributed by atoms with van der Waals surface area (Å²) in [4.78, 5) is 28.9. The summed E-state index contributed by atoms with van der Waals surface area (Å²) in [6.07, 6.45) is 0. The molecule has 0 unspecified atom stereocenters. The van der Waals surface area contributed by atoms with Gasteiger partial charge in [-0.25, -0.2) is 4.98 Å². The maximum Gasteiger partial charge on any atom is 0.323 e. The molecule has 7 heteroatoms. The zero-order valence-electron chi connectivity index (χ0n) is 12.7. The van der Waals surface area contributed by atoms with Gasteiger partial charge in [0.25, 0.3) is 5.91 Å². The molecule has 2 rings (SSSR count). The van der Waals surface area contributed by atoms with Crippen molar-refractivity contribution in [2.45, 2.75) is 20.8 Å². The molecule has 0 fully saturated rings. The Balaban J connectivity index is 2.20. The molecular formula is C15H18N2O4S. The summed E-state index contributed by atoms with van der Waals surface area (Å²) in [6, 6.07) is 3.62. The largest absolute Gasteiger partial charge is 0.480 e. The molecule has 0 bridgehead atoms. The van der Waals surface area contributed by atoms with E-state index in [0.717, 1.165) is 5.76 Å². The Morgan fingerprint density at radius 3 is 2.68 bits per heavy atom. The number of amides is 1. The summed E-state index contributed by atoms with van der Waals surface area (Å²) < 4.78 is 5.48. The van der Waals surface area contributed by atoms with E-state index in [1.165, 1.54) is 16.2 Å². The Hall–Kier alpha value is -2.15. The molecule has 2 aromatic heterocycles. The number of carboxylic acid groups (broad SMARTS) is 1. The lowest BCUT2D eigenvalue weighted by atomic mass is 10.2. The lowest BCUT2D eigenvalue weighted by molar-refractivity contribution is -0.137. The van der Waals surface area contributed by atoms with E-state index < -0.39 is 5.97 Å². The van der Waals surface area contributed by atoms with Crippen molar-refractivity contribution in [2.75, 3.05) is 13.1 Å². The minimum atomic E-state index is -1.04. The molecule has 0 saturated carbocycles. The highest BCUT2D eigenvalue weighted by Gasteiger charge is 2.22. The van der Waals surface area contributed by atoms with Crippen LogP contribution in [0.15, 0.2) is 21.9 Å². The van der Waals surface area contributed by atoms with Crippen LogP contribution in [-0.2, 0) is 4.79 Å². The van der Waals surface area contributed by atoms with Gasteiger partial charge in [0.2, 0.25) is 0 Å². The summed E-state index contributed by atoms with van der Waals surface area (Å²) in [5.41, 5.74) is 0.246. The first-order chi connectivity index (χ1) is 10.4. The number of aryl methyl sites for hydroxylation is 1. The molecule has 1 N–H and O–H groups in total. The number of hydrogen-bond acceptors (Lipinski definition) is 5. The second-order valence-electron chi connectivity index (χ2n) is 5.42. The smallest absolute Gasteiger partial charge is 0.323 e. The van der Waals surface area contributed by atoms with Crippen LogP contribution >= 0.6 is 11.3 Å². The Morgan fingerprint density at radius 1 is 1.41 bits per heavy atom. The molecule has 118 valence electrons. The fourth-order valence-electron chi connectivity index (χ4n) is 2.02. The third-order valence-electron chi connectivity index (χ3n) is 2.87. The quantitative estimate of drug-likeness (QED) is 0.884. The van der Waals surface area contributed by atoms with E-state index in [0.29, 0.717) is 17.3 Å². The van der Waals surface area contributed by atoms with Crippen molar-refractivity contribution in [1.29, 1.82) is 0 Å². The molecule has 0 saturated heterocycles. The van der Waals surface area contributed by atoms with Crippen LogP contribution < -0.4 is 0 Å². The van der Waals surface area contributed by atoms with Crippen LogP contribution in [0.5, 0.6) is 0 Å². The topological polar surface area (TPSA) is 83.6 Å². The zero-order valence-corrected chi connectivity index (χ0v) is 13.5. The molecule has 1 amide bonds. The number of aliphatic carboxylic acids is 1. The van der Waals surface area contributed by atoms with Gasteiger partial charge in [-0.05, 0) is 25.0 Å². The normalized spacial score (nSPS) is 10.9. The monoisotopic (exact) mass is 322 g/mol. The lowest BCUT2D eigenvalue weighted by Gasteiger charge is -2.21.